The molecule has 1 aromatic heterocycles. The molecule has 8 nitrogen and oxygen atoms in total. The van der Waals surface area contributed by atoms with E-state index in [0.29, 0.717) is 35.7 Å². The molecule has 2 N–H and O–H groups in total. The van der Waals surface area contributed by atoms with Crippen LogP contribution in [-0.2, 0) is 17.9 Å². The summed E-state index contributed by atoms with van der Waals surface area (Å²) < 4.78 is 2.01. The molecule has 30 heavy (non-hydrogen) atoms. The molecule has 0 spiro atoms. The minimum Gasteiger partial charge on any atom is -0.357 e. The van der Waals surface area contributed by atoms with Crippen LogP contribution in [0.5, 0.6) is 0 Å². The van der Waals surface area contributed by atoms with Gasteiger partial charge in [-0.15, -0.1) is 0 Å². The lowest BCUT2D eigenvalue weighted by molar-refractivity contribution is -0.124. The van der Waals surface area contributed by atoms with E-state index in [2.05, 4.69) is 26.6 Å². The van der Waals surface area contributed by atoms with Crippen molar-refractivity contribution in [1.29, 1.82) is 5.26 Å². The summed E-state index contributed by atoms with van der Waals surface area (Å²) in [4.78, 5) is 32.4. The van der Waals surface area contributed by atoms with Crippen molar-refractivity contribution in [1.82, 2.24) is 25.1 Å². The van der Waals surface area contributed by atoms with Gasteiger partial charge in [0.2, 0.25) is 5.91 Å². The largest absolute Gasteiger partial charge is 0.357 e. The van der Waals surface area contributed by atoms with E-state index in [1.165, 1.54) is 0 Å². The van der Waals surface area contributed by atoms with E-state index in [0.717, 1.165) is 12.2 Å². The molecule has 0 fully saturated rings. The van der Waals surface area contributed by atoms with Gasteiger partial charge in [-0.2, -0.15) is 5.26 Å². The van der Waals surface area contributed by atoms with E-state index in [-0.39, 0.29) is 5.91 Å². The summed E-state index contributed by atoms with van der Waals surface area (Å²) >= 11 is 0. The first kappa shape index (κ1) is 21.5. The fraction of sp³-hybridized carbons (Fsp3) is 0.455. The Bertz CT molecular complexity index is 1010. The number of aromatic nitrogens is 2. The zero-order valence-electron chi connectivity index (χ0n) is 18.1. The normalized spacial score (nSPS) is 15.1. The second-order valence-electron chi connectivity index (χ2n) is 8.66. The van der Waals surface area contributed by atoms with Crippen molar-refractivity contribution in [3.8, 4) is 17.5 Å². The van der Waals surface area contributed by atoms with Crippen LogP contribution in [0.2, 0.25) is 0 Å². The van der Waals surface area contributed by atoms with Gasteiger partial charge in [0.25, 0.3) is 5.91 Å². The Morgan fingerprint density at radius 3 is 2.57 bits per heavy atom. The van der Waals surface area contributed by atoms with Gasteiger partial charge in [-0.1, -0.05) is 32.9 Å². The average molecular weight is 409 g/mol. The number of nitrogens with zero attached hydrogens (tertiary/aromatic N) is 4. The van der Waals surface area contributed by atoms with Gasteiger partial charge in [0.1, 0.15) is 11.9 Å². The Kier molecular flexibility index (Phi) is 5.94. The maximum Gasteiger partial charge on any atom is 0.272 e. The van der Waals surface area contributed by atoms with Gasteiger partial charge in [0, 0.05) is 32.2 Å². The van der Waals surface area contributed by atoms with Crippen LogP contribution in [0.3, 0.4) is 0 Å². The lowest BCUT2D eigenvalue weighted by atomic mass is 9.86. The zero-order chi connectivity index (χ0) is 22.1. The summed E-state index contributed by atoms with van der Waals surface area (Å²) in [5.74, 6) is -0.0398. The second kappa shape index (κ2) is 8.28. The molecule has 1 aliphatic heterocycles. The van der Waals surface area contributed by atoms with E-state index in [4.69, 9.17) is 0 Å². The highest BCUT2D eigenvalue weighted by molar-refractivity contribution is 5.98. The molecule has 2 heterocycles. The summed E-state index contributed by atoms with van der Waals surface area (Å²) in [7, 11) is 3.54. The number of likely N-dealkylation sites (N-methyl/N-ethyl adjacent to an activating group) is 2. The van der Waals surface area contributed by atoms with Crippen LogP contribution < -0.4 is 10.6 Å². The van der Waals surface area contributed by atoms with Gasteiger partial charge in [-0.3, -0.25) is 14.5 Å². The first-order valence-electron chi connectivity index (χ1n) is 9.97. The Balaban J connectivity index is 2.07. The maximum absolute atomic E-state index is 13.2. The van der Waals surface area contributed by atoms with E-state index in [9.17, 15) is 14.9 Å². The number of carbonyl (C=O) groups excluding carboxylic acids is 2. The number of hydrogen-bond acceptors (Lipinski definition) is 5. The molecule has 0 unspecified atom stereocenters. The molecule has 2 amide bonds. The van der Waals surface area contributed by atoms with Gasteiger partial charge >= 0.3 is 0 Å². The third-order valence-corrected chi connectivity index (χ3v) is 5.35. The van der Waals surface area contributed by atoms with Crippen molar-refractivity contribution in [2.75, 3.05) is 20.6 Å². The summed E-state index contributed by atoms with van der Waals surface area (Å²) in [5, 5.41) is 15.0. The number of benzene rings is 1. The highest BCUT2D eigenvalue weighted by Crippen LogP contribution is 2.29. The number of hydrogen-bond donors (Lipinski definition) is 2. The number of rotatable bonds is 4. The van der Waals surface area contributed by atoms with Crippen LogP contribution in [0.25, 0.3) is 11.4 Å². The minimum atomic E-state index is -0.705. The van der Waals surface area contributed by atoms with Crippen molar-refractivity contribution in [2.45, 2.75) is 39.9 Å². The molecule has 2 aromatic rings. The first-order valence-corrected chi connectivity index (χ1v) is 9.97. The third kappa shape index (κ3) is 4.07. The van der Waals surface area contributed by atoms with Gasteiger partial charge < -0.3 is 15.2 Å². The van der Waals surface area contributed by atoms with E-state index in [1.807, 2.05) is 44.5 Å². The minimum absolute atomic E-state index is 0.254. The fourth-order valence-electron chi connectivity index (χ4n) is 3.68. The molecule has 0 radical (unpaired) electrons. The lowest BCUT2D eigenvalue weighted by Crippen LogP contribution is -2.53. The molecule has 0 aliphatic carbocycles. The van der Waals surface area contributed by atoms with Gasteiger partial charge in [0.05, 0.1) is 17.3 Å². The maximum atomic E-state index is 13.2. The monoisotopic (exact) mass is 408 g/mol. The molecular weight excluding hydrogens is 380 g/mol. The molecule has 8 heteroatoms. The Morgan fingerprint density at radius 1 is 1.23 bits per heavy atom. The van der Waals surface area contributed by atoms with Crippen molar-refractivity contribution in [2.24, 2.45) is 5.41 Å². The number of amides is 2. The Hall–Kier alpha value is -3.18. The average Bonchev–Trinajstić information content (AvgIpc) is 3.08. The summed E-state index contributed by atoms with van der Waals surface area (Å²) in [6, 6.07) is 8.75. The van der Waals surface area contributed by atoms with Crippen LogP contribution in [0.15, 0.2) is 24.3 Å². The van der Waals surface area contributed by atoms with Gasteiger partial charge in [-0.25, -0.2) is 4.98 Å². The Labute approximate surface area is 176 Å². The standard InChI is InChI=1S/C22H28N6O2/c1-22(2,3)18(21(30)24-4)26-20(29)17-16-13-27(5)10-11-28(16)19(25-17)15-9-7-6-8-14(15)12-23/h6-9,18H,10-11,13H2,1-5H3,(H,24,30)(H,26,29)/t18-/m1/s1. The molecule has 3 rings (SSSR count). The van der Waals surface area contributed by atoms with Crippen LogP contribution >= 0.6 is 0 Å². The van der Waals surface area contributed by atoms with Crippen molar-refractivity contribution >= 4 is 11.8 Å². The number of fused-ring (bicyclic) bond motifs is 1. The molecule has 1 atom stereocenters. The van der Waals surface area contributed by atoms with Crippen LogP contribution in [0.1, 0.15) is 42.5 Å². The van der Waals surface area contributed by atoms with E-state index < -0.39 is 17.4 Å². The van der Waals surface area contributed by atoms with Gasteiger partial charge in [-0.05, 0) is 24.6 Å². The molecule has 0 saturated carbocycles. The first-order chi connectivity index (χ1) is 14.2. The smallest absolute Gasteiger partial charge is 0.272 e. The molecule has 1 aromatic carbocycles. The van der Waals surface area contributed by atoms with Crippen LogP contribution in [0.4, 0.5) is 0 Å². The number of imidazole rings is 1. The second-order valence-corrected chi connectivity index (χ2v) is 8.66. The van der Waals surface area contributed by atoms with Crippen LogP contribution in [-0.4, -0.2) is 52.9 Å². The molecular formula is C22H28N6O2. The van der Waals surface area contributed by atoms with E-state index >= 15 is 0 Å². The topological polar surface area (TPSA) is 103 Å². The van der Waals surface area contributed by atoms with Crippen molar-refractivity contribution in [3.05, 3.63) is 41.2 Å². The highest BCUT2D eigenvalue weighted by atomic mass is 16.2. The SMILES string of the molecule is CNC(=O)[C@@H](NC(=O)c1nc(-c2ccccc2C#N)n2c1CN(C)CC2)C(C)(C)C. The number of nitriles is 1. The molecule has 0 bridgehead atoms. The predicted octanol–water partition coefficient (Wildman–Crippen LogP) is 1.76. The predicted molar refractivity (Wildman–Crippen MR) is 113 cm³/mol. The summed E-state index contributed by atoms with van der Waals surface area (Å²) in [6.45, 7) is 7.74. The van der Waals surface area contributed by atoms with Crippen molar-refractivity contribution in [3.63, 3.8) is 0 Å². The quantitative estimate of drug-likeness (QED) is 0.802. The lowest BCUT2D eigenvalue weighted by Gasteiger charge is -2.30. The molecule has 1 aliphatic rings. The third-order valence-electron chi connectivity index (χ3n) is 5.35. The zero-order valence-corrected chi connectivity index (χ0v) is 18.1. The number of carbonyl (C=O) groups is 2. The number of nitrogens with one attached hydrogen (secondary N) is 2. The fourth-order valence-corrected chi connectivity index (χ4v) is 3.68. The summed E-state index contributed by atoms with van der Waals surface area (Å²) in [6.07, 6.45) is 0. The Morgan fingerprint density at radius 2 is 1.93 bits per heavy atom. The molecule has 0 saturated heterocycles. The van der Waals surface area contributed by atoms with Gasteiger partial charge in [0.15, 0.2) is 5.69 Å². The van der Waals surface area contributed by atoms with E-state index in [1.54, 1.807) is 19.2 Å². The molecule has 158 valence electrons. The highest BCUT2D eigenvalue weighted by Gasteiger charge is 2.35. The summed E-state index contributed by atoms with van der Waals surface area (Å²) in [5.41, 5.74) is 1.82. The van der Waals surface area contributed by atoms with Crippen molar-refractivity contribution < 1.29 is 9.59 Å². The van der Waals surface area contributed by atoms with Crippen LogP contribution in [0, 0.1) is 16.7 Å².